The van der Waals surface area contributed by atoms with Gasteiger partial charge in [-0.25, -0.2) is 70.1 Å². The standard InChI is InChI=1S/C11H13BrFN3O3S.C8H8BrFN2O2.C6H4BrFN2O.C6H3BrFNO2.C6H3BrFNO.C6H2BrN3O2.C6H6BrN3O/c1-20(18,19)16-4-2-15(3-5-16)11(17)10-9(13)6-8(12)7-14-10;1-12(14-2)8(13)7-6(10)3-5(9)4-11-7;7-3-1-4(8)5(6(9)11)10-2-3;7-3-1-4(8)5(6(10)11)9-2-3;7-4-1-5(8)6(3-10)9-2-4;1-8-6-5(10(11)12)2-4(7)3-9-6;7-3-1-4(8)5(6(9)11)10-2-3/h6-7H,2-5H2,1H3;3-4H,1-2H3;1-2H,(H2,9,11);1-2H,(H,10,11);1-3H;2-3H;1-2H,8H2,(H2,9,11). The summed E-state index contributed by atoms with van der Waals surface area (Å²) in [7, 11) is -0.559. The van der Waals surface area contributed by atoms with Gasteiger partial charge in [0.15, 0.2) is 63.8 Å². The number of nitro groups is 1. The van der Waals surface area contributed by atoms with E-state index in [0.29, 0.717) is 33.1 Å². The summed E-state index contributed by atoms with van der Waals surface area (Å²) in [5, 5.41) is 19.6. The molecule has 40 heteroatoms. The van der Waals surface area contributed by atoms with E-state index >= 15 is 0 Å². The SMILES string of the molecule is CON(C)C(=O)c1ncc(Br)cc1F.CS(=O)(=O)N1CCN(C(=O)c2ncc(Br)cc2F)CC1.NC(=O)c1ncc(Br)cc1F.NC(=O)c1ncc(Br)cc1N.O=C(O)c1ncc(Br)cc1F.O=Cc1ncc(Br)cc1F.[C-]#[N+]c1ncc(Br)cc1[N+](=O)[O-]. The molecule has 27 nitrogen and oxygen atoms in total. The Labute approximate surface area is 558 Å². The number of carbonyl (C=O) groups excluding carboxylic acids is 5. The first-order chi connectivity index (χ1) is 41.6. The number of rotatable bonds is 9. The zero-order valence-corrected chi connectivity index (χ0v) is 56.9. The average molecular weight is 1720 g/mol. The van der Waals surface area contributed by atoms with Gasteiger partial charge in [-0.15, -0.1) is 4.98 Å². The van der Waals surface area contributed by atoms with Crippen LogP contribution in [0.4, 0.5) is 39.1 Å². The van der Waals surface area contributed by atoms with E-state index in [0.717, 1.165) is 27.9 Å². The molecular weight excluding hydrogens is 1680 g/mol. The monoisotopic (exact) mass is 1710 g/mol. The van der Waals surface area contributed by atoms with E-state index in [1.165, 1.54) is 91.0 Å². The Balaban J connectivity index is 0.000000359. The van der Waals surface area contributed by atoms with E-state index in [1.807, 2.05) is 0 Å². The van der Waals surface area contributed by atoms with Crippen LogP contribution in [0.1, 0.15) is 62.9 Å². The minimum absolute atomic E-state index is 0.105. The van der Waals surface area contributed by atoms with E-state index in [9.17, 15) is 69.3 Å². The zero-order valence-electron chi connectivity index (χ0n) is 45.0. The highest BCUT2D eigenvalue weighted by molar-refractivity contribution is 9.11. The molecule has 1 fully saturated rings. The number of aromatic nitrogens is 7. The number of carboxylic acid groups (broad SMARTS) is 1. The topological polar surface area (TPSA) is 392 Å². The van der Waals surface area contributed by atoms with Crippen molar-refractivity contribution in [3.8, 4) is 0 Å². The van der Waals surface area contributed by atoms with Gasteiger partial charge in [-0.1, -0.05) is 6.57 Å². The first-order valence-corrected chi connectivity index (χ1v) is 30.4. The first kappa shape index (κ1) is 77.7. The fourth-order valence-corrected chi connectivity index (χ4v) is 8.74. The number of sulfonamides is 1. The summed E-state index contributed by atoms with van der Waals surface area (Å²) in [4.78, 5) is 108. The molecule has 0 radical (unpaired) electrons. The molecule has 472 valence electrons. The minimum Gasteiger partial charge on any atom is -0.476 e. The number of amides is 4. The predicted molar refractivity (Wildman–Crippen MR) is 331 cm³/mol. The molecule has 0 bridgehead atoms. The van der Waals surface area contributed by atoms with Gasteiger partial charge in [0.05, 0.1) is 28.4 Å². The Bertz CT molecular complexity index is 3760. The van der Waals surface area contributed by atoms with Gasteiger partial charge in [0.25, 0.3) is 29.3 Å². The third-order valence-electron chi connectivity index (χ3n) is 9.81. The number of aldehydes is 1. The van der Waals surface area contributed by atoms with Gasteiger partial charge in [-0.05, 0) is 148 Å². The molecule has 0 saturated carbocycles. The summed E-state index contributed by atoms with van der Waals surface area (Å²) >= 11 is 21.2. The average Bonchev–Trinajstić information content (AvgIpc) is 3.09. The number of carbonyl (C=O) groups is 6. The molecule has 0 unspecified atom stereocenters. The molecule has 0 spiro atoms. The molecule has 8 rings (SSSR count). The third-order valence-corrected chi connectivity index (χ3v) is 14.1. The number of halogens is 12. The van der Waals surface area contributed by atoms with Crippen molar-refractivity contribution in [2.45, 2.75) is 0 Å². The number of hydroxylamine groups is 2. The fourth-order valence-electron chi connectivity index (χ4n) is 5.73. The van der Waals surface area contributed by atoms with Gasteiger partial charge in [0.2, 0.25) is 10.0 Å². The Morgan fingerprint density at radius 3 is 1.37 bits per heavy atom. The third kappa shape index (κ3) is 26.3. The highest BCUT2D eigenvalue weighted by Crippen LogP contribution is 2.27. The number of nitrogens with two attached hydrogens (primary N) is 3. The highest BCUT2D eigenvalue weighted by atomic mass is 79.9. The lowest BCUT2D eigenvalue weighted by molar-refractivity contribution is -0.384. The van der Waals surface area contributed by atoms with Crippen LogP contribution in [0.5, 0.6) is 0 Å². The Kier molecular flexibility index (Phi) is 32.8. The van der Waals surface area contributed by atoms with Crippen LogP contribution in [0.3, 0.4) is 0 Å². The van der Waals surface area contributed by atoms with Crippen LogP contribution >= 0.6 is 112 Å². The number of nitrogen functional groups attached to an aromatic ring is 1. The summed E-state index contributed by atoms with van der Waals surface area (Å²) in [6.45, 7) is 7.46. The molecule has 4 amide bonds. The molecule has 7 aromatic rings. The van der Waals surface area contributed by atoms with Crippen LogP contribution in [0.15, 0.2) is 117 Å². The number of pyridine rings is 7. The van der Waals surface area contributed by atoms with Gasteiger partial charge >= 0.3 is 11.8 Å². The van der Waals surface area contributed by atoms with Crippen molar-refractivity contribution in [1.82, 2.24) is 49.2 Å². The maximum atomic E-state index is 13.7. The quantitative estimate of drug-likeness (QED) is 0.0343. The number of hydrogen-bond acceptors (Lipinski definition) is 19. The molecular formula is C49H39Br7F5N15O12S. The molecule has 0 atom stereocenters. The van der Waals surface area contributed by atoms with Gasteiger partial charge in [0, 0.05) is 103 Å². The number of carboxylic acids is 1. The van der Waals surface area contributed by atoms with Crippen LogP contribution in [0, 0.1) is 45.8 Å². The van der Waals surface area contributed by atoms with E-state index < -0.39 is 79.3 Å². The van der Waals surface area contributed by atoms with Crippen molar-refractivity contribution in [2.24, 2.45) is 11.5 Å². The zero-order chi connectivity index (χ0) is 67.6. The van der Waals surface area contributed by atoms with Crippen LogP contribution in [0.2, 0.25) is 0 Å². The summed E-state index contributed by atoms with van der Waals surface area (Å²) < 4.78 is 92.3. The number of nitrogens with zero attached hydrogens (tertiary/aromatic N) is 12. The second-order valence-corrected chi connectivity index (χ2v) is 24.4. The summed E-state index contributed by atoms with van der Waals surface area (Å²) in [5.41, 5.74) is 13.7. The second-order valence-electron chi connectivity index (χ2n) is 16.0. The van der Waals surface area contributed by atoms with Crippen molar-refractivity contribution in [3.63, 3.8) is 0 Å². The van der Waals surface area contributed by atoms with Crippen molar-refractivity contribution < 1.29 is 74.0 Å². The van der Waals surface area contributed by atoms with Gasteiger partial charge < -0.3 is 32.1 Å². The first-order valence-electron chi connectivity index (χ1n) is 23.0. The molecule has 7 N–H and O–H groups in total. The second kappa shape index (κ2) is 37.6. The van der Waals surface area contributed by atoms with Crippen molar-refractivity contribution in [3.05, 3.63) is 202 Å². The molecule has 0 aromatic carbocycles. The predicted octanol–water partition coefficient (Wildman–Crippen LogP) is 9.70. The Hall–Kier alpha value is -7.36. The van der Waals surface area contributed by atoms with Crippen LogP contribution in [-0.4, -0.2) is 150 Å². The fraction of sp³-hybridized carbons (Fsp3) is 0.143. The van der Waals surface area contributed by atoms with Gasteiger partial charge in [-0.2, -0.15) is 4.31 Å². The molecule has 0 aliphatic carbocycles. The van der Waals surface area contributed by atoms with E-state index in [2.05, 4.69) is 156 Å². The molecule has 8 heterocycles. The van der Waals surface area contributed by atoms with Crippen molar-refractivity contribution in [1.29, 1.82) is 0 Å². The van der Waals surface area contributed by atoms with Crippen molar-refractivity contribution >= 4 is 175 Å². The Morgan fingerprint density at radius 1 is 0.640 bits per heavy atom. The lowest BCUT2D eigenvalue weighted by Crippen LogP contribution is -2.50. The largest absolute Gasteiger partial charge is 0.476 e. The number of anilines is 1. The van der Waals surface area contributed by atoms with Gasteiger partial charge in [-0.3, -0.25) is 38.9 Å². The molecule has 1 aliphatic rings. The van der Waals surface area contributed by atoms with E-state index in [1.54, 1.807) is 6.07 Å². The van der Waals surface area contributed by atoms with Crippen molar-refractivity contribution in [2.75, 3.05) is 52.3 Å². The number of primary amides is 2. The molecule has 7 aromatic heterocycles. The smallest absolute Gasteiger partial charge is 0.357 e. The lowest BCUT2D eigenvalue weighted by Gasteiger charge is -2.33. The summed E-state index contributed by atoms with van der Waals surface area (Å²) in [6, 6.07) is 8.55. The molecule has 89 heavy (non-hydrogen) atoms. The van der Waals surface area contributed by atoms with E-state index in [-0.39, 0.29) is 71.8 Å². The summed E-state index contributed by atoms with van der Waals surface area (Å²) in [5.74, 6) is -7.74. The Morgan fingerprint density at radius 2 is 1.01 bits per heavy atom. The molecule has 1 aliphatic heterocycles. The maximum absolute atomic E-state index is 13.7. The van der Waals surface area contributed by atoms with Gasteiger partial charge in [0.1, 0.15) is 11.9 Å². The number of aromatic carboxylic acids is 1. The normalized spacial score (nSPS) is 11.3. The van der Waals surface area contributed by atoms with Crippen LogP contribution < -0.4 is 17.2 Å². The highest BCUT2D eigenvalue weighted by Gasteiger charge is 2.29. The lowest BCUT2D eigenvalue weighted by atomic mass is 10.2. The number of piperazine rings is 1. The maximum Gasteiger partial charge on any atom is 0.357 e. The van der Waals surface area contributed by atoms with E-state index in [4.69, 9.17) is 28.9 Å². The van der Waals surface area contributed by atoms with Crippen LogP contribution in [0.25, 0.3) is 4.85 Å². The number of hydrogen-bond donors (Lipinski definition) is 4. The molecule has 1 saturated heterocycles. The summed E-state index contributed by atoms with van der Waals surface area (Å²) in [6.07, 6.45) is 10.9. The van der Waals surface area contributed by atoms with Crippen LogP contribution in [-0.2, 0) is 14.9 Å². The minimum atomic E-state index is -3.25.